The maximum absolute atomic E-state index is 12.9. The summed E-state index contributed by atoms with van der Waals surface area (Å²) < 4.78 is 23.3. The van der Waals surface area contributed by atoms with Gasteiger partial charge in [0.25, 0.3) is 7.82 Å². The predicted molar refractivity (Wildman–Crippen MR) is 283 cm³/mol. The minimum atomic E-state index is -4.62. The Morgan fingerprint density at radius 2 is 0.939 bits per heavy atom. The zero-order valence-corrected chi connectivity index (χ0v) is 43.7. The molecule has 378 valence electrons. The molecule has 1 amide bonds. The lowest BCUT2D eigenvalue weighted by atomic mass is 10.1. The first-order chi connectivity index (χ1) is 32.0. The van der Waals surface area contributed by atoms with Crippen molar-refractivity contribution >= 4 is 13.7 Å². The molecule has 0 saturated heterocycles. The van der Waals surface area contributed by atoms with Gasteiger partial charge in [0.2, 0.25) is 5.91 Å². The van der Waals surface area contributed by atoms with E-state index in [1.807, 2.05) is 27.2 Å². The van der Waals surface area contributed by atoms with Crippen molar-refractivity contribution in [3.8, 4) is 0 Å². The highest BCUT2D eigenvalue weighted by atomic mass is 31.2. The molecule has 0 bridgehead atoms. The van der Waals surface area contributed by atoms with Gasteiger partial charge in [-0.15, -0.1) is 0 Å². The molecule has 8 nitrogen and oxygen atoms in total. The van der Waals surface area contributed by atoms with Gasteiger partial charge >= 0.3 is 0 Å². The second-order valence-corrected chi connectivity index (χ2v) is 19.9. The van der Waals surface area contributed by atoms with Crippen LogP contribution in [-0.2, 0) is 18.4 Å². The van der Waals surface area contributed by atoms with Crippen LogP contribution in [0.2, 0.25) is 0 Å². The monoisotopic (exact) mass is 939 g/mol. The molecule has 0 fully saturated rings. The Bertz CT molecular complexity index is 1440. The van der Waals surface area contributed by atoms with Crippen molar-refractivity contribution in [3.63, 3.8) is 0 Å². The van der Waals surface area contributed by atoms with Crippen LogP contribution in [0.25, 0.3) is 0 Å². The van der Waals surface area contributed by atoms with Crippen molar-refractivity contribution in [2.45, 2.75) is 206 Å². The van der Waals surface area contributed by atoms with Crippen LogP contribution in [-0.4, -0.2) is 68.5 Å². The average molecular weight is 939 g/mol. The van der Waals surface area contributed by atoms with E-state index >= 15 is 0 Å². The molecule has 0 aliphatic carbocycles. The smallest absolute Gasteiger partial charge is 0.268 e. The molecule has 9 heteroatoms. The molecule has 0 radical (unpaired) electrons. The number of hydrogen-bond acceptors (Lipinski definition) is 6. The van der Waals surface area contributed by atoms with Crippen molar-refractivity contribution in [1.29, 1.82) is 0 Å². The molecule has 0 aliphatic heterocycles. The molecule has 2 N–H and O–H groups in total. The number of aliphatic hydroxyl groups is 1. The molecule has 0 rings (SSSR count). The van der Waals surface area contributed by atoms with Crippen LogP contribution >= 0.6 is 7.82 Å². The molecule has 0 aliphatic rings. The zero-order valence-electron chi connectivity index (χ0n) is 42.9. The van der Waals surface area contributed by atoms with Gasteiger partial charge in [0.15, 0.2) is 0 Å². The lowest BCUT2D eigenvalue weighted by Crippen LogP contribution is -2.45. The second kappa shape index (κ2) is 47.2. The minimum absolute atomic E-state index is 0.0184. The summed E-state index contributed by atoms with van der Waals surface area (Å²) in [5.74, 6) is -0.231. The lowest BCUT2D eigenvalue weighted by Gasteiger charge is -2.29. The number of phosphoric acid groups is 1. The second-order valence-electron chi connectivity index (χ2n) is 18.5. The fourth-order valence-electron chi connectivity index (χ4n) is 6.83. The van der Waals surface area contributed by atoms with E-state index in [4.69, 9.17) is 9.05 Å². The van der Waals surface area contributed by atoms with Crippen LogP contribution in [0.3, 0.4) is 0 Å². The molecule has 0 spiro atoms. The Hall–Kier alpha value is -2.84. The van der Waals surface area contributed by atoms with Crippen LogP contribution in [0.1, 0.15) is 194 Å². The quantitative estimate of drug-likeness (QED) is 0.0272. The Labute approximate surface area is 406 Å². The Balaban J connectivity index is 4.43. The molecule has 3 atom stereocenters. The number of rotatable bonds is 46. The third-order valence-electron chi connectivity index (χ3n) is 10.9. The minimum Gasteiger partial charge on any atom is -0.756 e. The zero-order chi connectivity index (χ0) is 48.5. The normalized spacial score (nSPS) is 15.0. The third kappa shape index (κ3) is 49.1. The van der Waals surface area contributed by atoms with Crippen LogP contribution < -0.4 is 10.2 Å². The summed E-state index contributed by atoms with van der Waals surface area (Å²) in [6.07, 6.45) is 68.6. The fraction of sp³-hybridized carbons (Fsp3) is 0.667. The standard InChI is InChI=1S/C57H99N2O6P/c1-6-8-10-12-14-16-18-20-22-24-26-27-28-29-30-31-33-35-37-39-41-43-45-47-49-51-57(61)58-55(54-65-66(62,63)64-53-52-59(3,4)5)56(60)50-48-46-44-42-40-38-36-34-32-25-23-21-19-17-15-13-11-9-7-2/h8,10,14,16,20,22,26-27,29-30,32-35,40,42,48,50,55-56,60H,6-7,9,11-13,15,17-19,21,23-25,28,31,36-39,41,43-47,49,51-54H2,1-5H3,(H-,58,61,62,63)/b10-8-,16-14-,22-20-,27-26-,30-29-,34-32+,35-33-,42-40+,50-48+. The van der Waals surface area contributed by atoms with E-state index in [0.29, 0.717) is 17.4 Å². The summed E-state index contributed by atoms with van der Waals surface area (Å²) in [5, 5.41) is 13.8. The number of phosphoric ester groups is 1. The van der Waals surface area contributed by atoms with Crippen LogP contribution in [0.4, 0.5) is 0 Å². The van der Waals surface area contributed by atoms with Crippen molar-refractivity contribution in [2.24, 2.45) is 0 Å². The maximum Gasteiger partial charge on any atom is 0.268 e. The Kier molecular flexibility index (Phi) is 45.2. The number of hydrogen-bond donors (Lipinski definition) is 2. The van der Waals surface area contributed by atoms with Crippen LogP contribution in [0.5, 0.6) is 0 Å². The first-order valence-corrected chi connectivity index (χ1v) is 27.7. The largest absolute Gasteiger partial charge is 0.756 e. The van der Waals surface area contributed by atoms with Gasteiger partial charge in [-0.25, -0.2) is 0 Å². The third-order valence-corrected chi connectivity index (χ3v) is 11.9. The molecule has 0 saturated carbocycles. The topological polar surface area (TPSA) is 108 Å². The summed E-state index contributed by atoms with van der Waals surface area (Å²) in [6, 6.07) is -0.926. The number of unbranched alkanes of at least 4 members (excludes halogenated alkanes) is 17. The van der Waals surface area contributed by atoms with E-state index in [2.05, 4.69) is 116 Å². The number of carbonyl (C=O) groups excluding carboxylic acids is 1. The van der Waals surface area contributed by atoms with E-state index in [1.165, 1.54) is 64.2 Å². The molecular formula is C57H99N2O6P. The van der Waals surface area contributed by atoms with Crippen molar-refractivity contribution in [1.82, 2.24) is 5.32 Å². The Morgan fingerprint density at radius 1 is 0.545 bits per heavy atom. The number of aliphatic hydroxyl groups excluding tert-OH is 1. The summed E-state index contributed by atoms with van der Waals surface area (Å²) >= 11 is 0. The van der Waals surface area contributed by atoms with Crippen molar-refractivity contribution in [3.05, 3.63) is 109 Å². The molecule has 66 heavy (non-hydrogen) atoms. The predicted octanol–water partition coefficient (Wildman–Crippen LogP) is 15.0. The van der Waals surface area contributed by atoms with Gasteiger partial charge in [-0.1, -0.05) is 200 Å². The number of allylic oxidation sites excluding steroid dienone is 17. The number of likely N-dealkylation sites (N-methyl/N-ethyl adjacent to an activating group) is 1. The summed E-state index contributed by atoms with van der Waals surface area (Å²) in [7, 11) is 1.21. The van der Waals surface area contributed by atoms with Gasteiger partial charge in [0, 0.05) is 6.42 Å². The van der Waals surface area contributed by atoms with Crippen molar-refractivity contribution in [2.75, 3.05) is 40.9 Å². The lowest BCUT2D eigenvalue weighted by molar-refractivity contribution is -0.870. The van der Waals surface area contributed by atoms with E-state index in [-0.39, 0.29) is 12.5 Å². The highest BCUT2D eigenvalue weighted by Gasteiger charge is 2.23. The highest BCUT2D eigenvalue weighted by Crippen LogP contribution is 2.38. The van der Waals surface area contributed by atoms with E-state index in [0.717, 1.165) is 109 Å². The SMILES string of the molecule is CC/C=C\C/C=C\C/C=C\C/C=C\C/C=C\C/C=C\CCCCCCCCC(=O)NC(COP(=O)([O-])OCC[N+](C)(C)C)C(O)/C=C/CC/C=C/CC/C=C/CCCCCCCCCCC. The summed E-state index contributed by atoms with van der Waals surface area (Å²) in [4.78, 5) is 25.4. The van der Waals surface area contributed by atoms with E-state index < -0.39 is 26.6 Å². The fourth-order valence-corrected chi connectivity index (χ4v) is 7.56. The summed E-state index contributed by atoms with van der Waals surface area (Å²) in [5.41, 5.74) is 0. The number of nitrogens with one attached hydrogen (secondary N) is 1. The molecule has 0 aromatic heterocycles. The van der Waals surface area contributed by atoms with Gasteiger partial charge < -0.3 is 28.8 Å². The Morgan fingerprint density at radius 3 is 1.41 bits per heavy atom. The number of amides is 1. The number of quaternary nitrogens is 1. The molecule has 0 aromatic rings. The van der Waals surface area contributed by atoms with Gasteiger partial charge in [-0.05, 0) is 96.3 Å². The molecule has 0 heterocycles. The van der Waals surface area contributed by atoms with Crippen molar-refractivity contribution < 1.29 is 32.9 Å². The molecule has 3 unspecified atom stereocenters. The summed E-state index contributed by atoms with van der Waals surface area (Å²) in [6.45, 7) is 4.47. The first kappa shape index (κ1) is 63.2. The van der Waals surface area contributed by atoms with Gasteiger partial charge in [-0.3, -0.25) is 9.36 Å². The van der Waals surface area contributed by atoms with Crippen LogP contribution in [0.15, 0.2) is 109 Å². The maximum atomic E-state index is 12.9. The van der Waals surface area contributed by atoms with E-state index in [9.17, 15) is 19.4 Å². The molecular weight excluding hydrogens is 840 g/mol. The average Bonchev–Trinajstić information content (AvgIpc) is 3.28. The van der Waals surface area contributed by atoms with E-state index in [1.54, 1.807) is 6.08 Å². The first-order valence-electron chi connectivity index (χ1n) is 26.2. The number of carbonyl (C=O) groups is 1. The molecule has 0 aromatic carbocycles. The van der Waals surface area contributed by atoms with Crippen LogP contribution in [0, 0.1) is 0 Å². The van der Waals surface area contributed by atoms with Gasteiger partial charge in [0.1, 0.15) is 13.2 Å². The van der Waals surface area contributed by atoms with Gasteiger partial charge in [-0.2, -0.15) is 0 Å². The number of nitrogens with zero attached hydrogens (tertiary/aromatic N) is 1. The highest BCUT2D eigenvalue weighted by molar-refractivity contribution is 7.45. The van der Waals surface area contributed by atoms with Gasteiger partial charge in [0.05, 0.1) is 39.9 Å².